The lowest BCUT2D eigenvalue weighted by Gasteiger charge is -2.34. The van der Waals surface area contributed by atoms with Crippen LogP contribution in [0.2, 0.25) is 0 Å². The molecule has 8 heteroatoms. The molecule has 0 spiro atoms. The van der Waals surface area contributed by atoms with Crippen molar-refractivity contribution in [3.05, 3.63) is 36.0 Å². The van der Waals surface area contributed by atoms with Crippen LogP contribution in [0.5, 0.6) is 0 Å². The smallest absolute Gasteiger partial charge is 0.254 e. The molecule has 0 aliphatic carbocycles. The second kappa shape index (κ2) is 6.79. The first-order valence-corrected chi connectivity index (χ1v) is 8.78. The zero-order chi connectivity index (χ0) is 17.2. The monoisotopic (exact) mass is 341 g/mol. The van der Waals surface area contributed by atoms with Crippen LogP contribution in [0.3, 0.4) is 0 Å². The lowest BCUT2D eigenvalue weighted by molar-refractivity contribution is 0.0270. The van der Waals surface area contributed by atoms with E-state index in [2.05, 4.69) is 38.1 Å². The number of rotatable bonds is 5. The van der Waals surface area contributed by atoms with E-state index in [9.17, 15) is 0 Å². The molecule has 0 amide bonds. The predicted molar refractivity (Wildman–Crippen MR) is 93.7 cm³/mol. The van der Waals surface area contributed by atoms with Crippen LogP contribution in [-0.2, 0) is 17.7 Å². The van der Waals surface area contributed by atoms with E-state index in [1.807, 2.05) is 28.5 Å². The lowest BCUT2D eigenvalue weighted by atomic mass is 10.2. The van der Waals surface area contributed by atoms with Crippen molar-refractivity contribution in [2.45, 2.75) is 39.3 Å². The van der Waals surface area contributed by atoms with Gasteiger partial charge >= 0.3 is 0 Å². The minimum atomic E-state index is 0.0920. The molecule has 0 saturated carbocycles. The minimum absolute atomic E-state index is 0.0920. The van der Waals surface area contributed by atoms with Gasteiger partial charge in [0.05, 0.1) is 25.5 Å². The molecule has 3 aromatic heterocycles. The summed E-state index contributed by atoms with van der Waals surface area (Å²) in [6.07, 6.45) is 7.57. The molecule has 0 radical (unpaired) electrons. The summed E-state index contributed by atoms with van der Waals surface area (Å²) in [6, 6.07) is 2.13. The number of fused-ring (bicyclic) bond motifs is 1. The van der Waals surface area contributed by atoms with E-state index in [0.29, 0.717) is 12.4 Å². The SMILES string of the molecule is CCCc1cc(N2CCOC(Cn3cc(C)cn3)C2)n2ncnc2n1. The molecule has 25 heavy (non-hydrogen) atoms. The van der Waals surface area contributed by atoms with Crippen LogP contribution >= 0.6 is 0 Å². The van der Waals surface area contributed by atoms with Crippen molar-refractivity contribution >= 4 is 11.6 Å². The summed E-state index contributed by atoms with van der Waals surface area (Å²) in [5.41, 5.74) is 2.22. The Morgan fingerprint density at radius 2 is 2.24 bits per heavy atom. The topological polar surface area (TPSA) is 73.4 Å². The van der Waals surface area contributed by atoms with Crippen LogP contribution in [0, 0.1) is 6.92 Å². The Morgan fingerprint density at radius 1 is 1.32 bits per heavy atom. The minimum Gasteiger partial charge on any atom is -0.373 e. The van der Waals surface area contributed by atoms with Crippen LogP contribution < -0.4 is 4.90 Å². The van der Waals surface area contributed by atoms with Gasteiger partial charge in [0.2, 0.25) is 0 Å². The molecule has 1 saturated heterocycles. The van der Waals surface area contributed by atoms with Gasteiger partial charge in [0.15, 0.2) is 0 Å². The molecule has 0 aromatic carbocycles. The average Bonchev–Trinajstić information content (AvgIpc) is 3.23. The third-order valence-corrected chi connectivity index (χ3v) is 4.41. The van der Waals surface area contributed by atoms with Crippen molar-refractivity contribution in [3.63, 3.8) is 0 Å². The zero-order valence-corrected chi connectivity index (χ0v) is 14.7. The molecule has 1 aliphatic rings. The maximum absolute atomic E-state index is 5.95. The van der Waals surface area contributed by atoms with E-state index in [1.165, 1.54) is 0 Å². The normalized spacial score (nSPS) is 18.2. The Kier molecular flexibility index (Phi) is 4.35. The average molecular weight is 341 g/mol. The summed E-state index contributed by atoms with van der Waals surface area (Å²) >= 11 is 0. The molecule has 0 bridgehead atoms. The van der Waals surface area contributed by atoms with E-state index < -0.39 is 0 Å². The van der Waals surface area contributed by atoms with E-state index in [1.54, 1.807) is 6.33 Å². The van der Waals surface area contributed by atoms with Crippen LogP contribution in [0.25, 0.3) is 5.78 Å². The second-order valence-corrected chi connectivity index (χ2v) is 6.51. The second-order valence-electron chi connectivity index (χ2n) is 6.51. The van der Waals surface area contributed by atoms with E-state index >= 15 is 0 Å². The van der Waals surface area contributed by atoms with Gasteiger partial charge in [-0.25, -0.2) is 4.98 Å². The van der Waals surface area contributed by atoms with Gasteiger partial charge in [-0.15, -0.1) is 0 Å². The van der Waals surface area contributed by atoms with E-state index in [0.717, 1.165) is 49.6 Å². The molecule has 1 atom stereocenters. The summed E-state index contributed by atoms with van der Waals surface area (Å²) in [5.74, 6) is 1.70. The van der Waals surface area contributed by atoms with Crippen LogP contribution in [0.4, 0.5) is 5.82 Å². The van der Waals surface area contributed by atoms with Crippen LogP contribution in [0.1, 0.15) is 24.6 Å². The summed E-state index contributed by atoms with van der Waals surface area (Å²) in [5, 5.41) is 8.72. The van der Waals surface area contributed by atoms with Crippen molar-refractivity contribution in [2.75, 3.05) is 24.6 Å². The number of aromatic nitrogens is 6. The Hall–Kier alpha value is -2.48. The van der Waals surface area contributed by atoms with Gasteiger partial charge in [0.1, 0.15) is 12.1 Å². The molecule has 8 nitrogen and oxygen atoms in total. The third-order valence-electron chi connectivity index (χ3n) is 4.41. The van der Waals surface area contributed by atoms with Crippen molar-refractivity contribution < 1.29 is 4.74 Å². The predicted octanol–water partition coefficient (Wildman–Crippen LogP) is 1.49. The molecule has 0 N–H and O–H groups in total. The molecule has 1 aliphatic heterocycles. The van der Waals surface area contributed by atoms with E-state index in [4.69, 9.17) is 4.74 Å². The van der Waals surface area contributed by atoms with Gasteiger partial charge in [0.25, 0.3) is 5.78 Å². The van der Waals surface area contributed by atoms with E-state index in [-0.39, 0.29) is 6.10 Å². The molecule has 132 valence electrons. The summed E-state index contributed by atoms with van der Waals surface area (Å²) in [6.45, 7) is 7.27. The first kappa shape index (κ1) is 16.0. The molecule has 4 rings (SSSR count). The summed E-state index contributed by atoms with van der Waals surface area (Å²) < 4.78 is 9.72. The highest BCUT2D eigenvalue weighted by atomic mass is 16.5. The van der Waals surface area contributed by atoms with Crippen LogP contribution in [-0.4, -0.2) is 55.2 Å². The number of ether oxygens (including phenoxy) is 1. The lowest BCUT2D eigenvalue weighted by Crippen LogP contribution is -2.45. The summed E-state index contributed by atoms with van der Waals surface area (Å²) in [4.78, 5) is 11.2. The number of hydrogen-bond donors (Lipinski definition) is 0. The number of aryl methyl sites for hydroxylation is 2. The quantitative estimate of drug-likeness (QED) is 0.700. The van der Waals surface area contributed by atoms with Gasteiger partial charge in [-0.3, -0.25) is 4.68 Å². The third kappa shape index (κ3) is 3.34. The fraction of sp³-hybridized carbons (Fsp3) is 0.529. The zero-order valence-electron chi connectivity index (χ0n) is 14.7. The van der Waals surface area contributed by atoms with Gasteiger partial charge in [-0.2, -0.15) is 19.7 Å². The molecular formula is C17H23N7O. The maximum Gasteiger partial charge on any atom is 0.254 e. The highest BCUT2D eigenvalue weighted by molar-refractivity contribution is 5.47. The van der Waals surface area contributed by atoms with Crippen molar-refractivity contribution in [1.29, 1.82) is 0 Å². The Balaban J connectivity index is 1.58. The Labute approximate surface area is 146 Å². The summed E-state index contributed by atoms with van der Waals surface area (Å²) in [7, 11) is 0. The maximum atomic E-state index is 5.95. The standard InChI is InChI=1S/C17H23N7O/c1-3-4-14-7-16(24-17(21-14)18-12-20-24)22-5-6-25-15(10-22)11-23-9-13(2)8-19-23/h7-9,12,15H,3-6,10-11H2,1-2H3. The first-order chi connectivity index (χ1) is 12.2. The van der Waals surface area contributed by atoms with Gasteiger partial charge in [0, 0.05) is 31.0 Å². The highest BCUT2D eigenvalue weighted by Crippen LogP contribution is 2.20. The molecule has 4 heterocycles. The highest BCUT2D eigenvalue weighted by Gasteiger charge is 2.24. The molecule has 3 aromatic rings. The first-order valence-electron chi connectivity index (χ1n) is 8.78. The number of anilines is 1. The Bertz CT molecular complexity index is 856. The number of morpholine rings is 1. The van der Waals surface area contributed by atoms with Crippen molar-refractivity contribution in [2.24, 2.45) is 0 Å². The number of hydrogen-bond acceptors (Lipinski definition) is 6. The van der Waals surface area contributed by atoms with Gasteiger partial charge in [-0.05, 0) is 18.9 Å². The largest absolute Gasteiger partial charge is 0.373 e. The fourth-order valence-electron chi connectivity index (χ4n) is 3.27. The molecule has 1 fully saturated rings. The molecular weight excluding hydrogens is 318 g/mol. The van der Waals surface area contributed by atoms with Crippen LogP contribution in [0.15, 0.2) is 24.8 Å². The molecule has 1 unspecified atom stereocenters. The van der Waals surface area contributed by atoms with Crippen molar-refractivity contribution in [3.8, 4) is 0 Å². The van der Waals surface area contributed by atoms with Gasteiger partial charge in [-0.1, -0.05) is 13.3 Å². The van der Waals surface area contributed by atoms with Crippen molar-refractivity contribution in [1.82, 2.24) is 29.4 Å². The van der Waals surface area contributed by atoms with Gasteiger partial charge < -0.3 is 9.64 Å². The Morgan fingerprint density at radius 3 is 3.04 bits per heavy atom. The number of nitrogens with zero attached hydrogens (tertiary/aromatic N) is 7. The fourth-order valence-corrected chi connectivity index (χ4v) is 3.27.